The van der Waals surface area contributed by atoms with Gasteiger partial charge in [-0.1, -0.05) is 26.0 Å². The third kappa shape index (κ3) is 3.74. The summed E-state index contributed by atoms with van der Waals surface area (Å²) in [6.07, 6.45) is 0. The lowest BCUT2D eigenvalue weighted by molar-refractivity contribution is -0.134. The van der Waals surface area contributed by atoms with Gasteiger partial charge in [-0.25, -0.2) is 8.42 Å². The molecule has 6 nitrogen and oxygen atoms in total. The zero-order valence-electron chi connectivity index (χ0n) is 15.9. The molecule has 3 rings (SSSR count). The van der Waals surface area contributed by atoms with Crippen molar-refractivity contribution >= 4 is 15.7 Å². The highest BCUT2D eigenvalue weighted by Gasteiger charge is 2.47. The van der Waals surface area contributed by atoms with Gasteiger partial charge in [0.05, 0.1) is 24.7 Å². The molecule has 2 atom stereocenters. The minimum absolute atomic E-state index is 0.0452. The van der Waals surface area contributed by atoms with E-state index in [4.69, 9.17) is 4.74 Å². The molecule has 0 bridgehead atoms. The number of carbonyl (C=O) groups is 1. The largest absolute Gasteiger partial charge is 0.496 e. The van der Waals surface area contributed by atoms with Gasteiger partial charge in [-0.3, -0.25) is 9.69 Å². The minimum Gasteiger partial charge on any atom is -0.496 e. The number of nitrogens with zero attached hydrogens (tertiary/aromatic N) is 2. The van der Waals surface area contributed by atoms with E-state index in [1.807, 2.05) is 6.07 Å². The van der Waals surface area contributed by atoms with E-state index < -0.39 is 9.84 Å². The van der Waals surface area contributed by atoms with Gasteiger partial charge < -0.3 is 9.64 Å². The highest BCUT2D eigenvalue weighted by Crippen LogP contribution is 2.31. The molecule has 7 heteroatoms. The van der Waals surface area contributed by atoms with Crippen molar-refractivity contribution in [3.63, 3.8) is 0 Å². The van der Waals surface area contributed by atoms with E-state index in [1.54, 1.807) is 12.0 Å². The van der Waals surface area contributed by atoms with Gasteiger partial charge in [0, 0.05) is 38.2 Å². The van der Waals surface area contributed by atoms with Gasteiger partial charge >= 0.3 is 0 Å². The van der Waals surface area contributed by atoms with Gasteiger partial charge in [0.2, 0.25) is 5.91 Å². The number of piperazine rings is 1. The van der Waals surface area contributed by atoms with Crippen LogP contribution in [-0.2, 0) is 21.2 Å². The summed E-state index contributed by atoms with van der Waals surface area (Å²) in [5.74, 6) is 1.37. The van der Waals surface area contributed by atoms with Crippen molar-refractivity contribution in [2.24, 2.45) is 0 Å². The van der Waals surface area contributed by atoms with Gasteiger partial charge in [0.25, 0.3) is 0 Å². The molecule has 0 aromatic heterocycles. The molecule has 26 heavy (non-hydrogen) atoms. The third-order valence-corrected chi connectivity index (χ3v) is 7.24. The topological polar surface area (TPSA) is 66.9 Å². The zero-order chi connectivity index (χ0) is 19.1. The smallest absolute Gasteiger partial charge is 0.219 e. The van der Waals surface area contributed by atoms with Crippen LogP contribution in [0.2, 0.25) is 0 Å². The first-order valence-corrected chi connectivity index (χ1v) is 10.9. The molecule has 2 aliphatic heterocycles. The van der Waals surface area contributed by atoms with Crippen LogP contribution in [0, 0.1) is 0 Å². The Morgan fingerprint density at radius 3 is 2.54 bits per heavy atom. The first kappa shape index (κ1) is 19.2. The summed E-state index contributed by atoms with van der Waals surface area (Å²) in [6, 6.07) is 5.82. The first-order chi connectivity index (χ1) is 12.2. The van der Waals surface area contributed by atoms with Crippen LogP contribution >= 0.6 is 0 Å². The lowest BCUT2D eigenvalue weighted by atomic mass is 9.98. The van der Waals surface area contributed by atoms with Gasteiger partial charge in [-0.2, -0.15) is 0 Å². The number of rotatable bonds is 4. The Morgan fingerprint density at radius 1 is 1.23 bits per heavy atom. The predicted molar refractivity (Wildman–Crippen MR) is 101 cm³/mol. The van der Waals surface area contributed by atoms with Crippen LogP contribution in [-0.4, -0.2) is 67.9 Å². The number of carbonyl (C=O) groups excluding carboxylic acids is 1. The normalized spacial score (nSPS) is 25.3. The molecule has 144 valence electrons. The van der Waals surface area contributed by atoms with E-state index in [0.29, 0.717) is 25.6 Å². The van der Waals surface area contributed by atoms with E-state index >= 15 is 0 Å². The summed E-state index contributed by atoms with van der Waals surface area (Å²) in [6.45, 7) is 7.69. The fourth-order valence-electron chi connectivity index (χ4n) is 4.11. The SMILES string of the molecule is COc1ccc(C(C)C)cc1CN1CCN(C(C)=O)[C@@H]2CS(=O)(=O)C[C@@H]21. The van der Waals surface area contributed by atoms with E-state index in [2.05, 4.69) is 30.9 Å². The van der Waals surface area contributed by atoms with E-state index in [-0.39, 0.29) is 29.5 Å². The summed E-state index contributed by atoms with van der Waals surface area (Å²) in [7, 11) is -1.47. The van der Waals surface area contributed by atoms with Crippen LogP contribution in [0.3, 0.4) is 0 Å². The molecule has 0 saturated carbocycles. The van der Waals surface area contributed by atoms with Gasteiger partial charge in [-0.05, 0) is 17.5 Å². The lowest BCUT2D eigenvalue weighted by Gasteiger charge is -2.43. The number of fused-ring (bicyclic) bond motifs is 1. The van der Waals surface area contributed by atoms with Crippen molar-refractivity contribution in [1.82, 2.24) is 9.80 Å². The zero-order valence-corrected chi connectivity index (χ0v) is 16.8. The quantitative estimate of drug-likeness (QED) is 0.795. The predicted octanol–water partition coefficient (Wildman–Crippen LogP) is 1.65. The number of hydrogen-bond acceptors (Lipinski definition) is 5. The number of benzene rings is 1. The van der Waals surface area contributed by atoms with E-state index in [9.17, 15) is 13.2 Å². The molecule has 2 aliphatic rings. The van der Waals surface area contributed by atoms with Crippen LogP contribution in [0.15, 0.2) is 18.2 Å². The molecule has 1 aromatic carbocycles. The maximum absolute atomic E-state index is 12.2. The van der Waals surface area contributed by atoms with Crippen molar-refractivity contribution < 1.29 is 17.9 Å². The van der Waals surface area contributed by atoms with Crippen molar-refractivity contribution in [3.8, 4) is 5.75 Å². The molecular formula is C19H28N2O4S. The standard InChI is InChI=1S/C19H28N2O4S/c1-13(2)15-5-6-19(25-4)16(9-15)10-20-7-8-21(14(3)22)18-12-26(23,24)11-17(18)20/h5-6,9,13,17-18H,7-8,10-12H2,1-4H3/t17-,18+/m0/s1. The molecule has 2 heterocycles. The van der Waals surface area contributed by atoms with Gasteiger partial charge in [-0.15, -0.1) is 0 Å². The molecule has 2 saturated heterocycles. The van der Waals surface area contributed by atoms with Crippen LogP contribution in [0.5, 0.6) is 5.75 Å². The second kappa shape index (κ2) is 7.19. The average molecular weight is 381 g/mol. The molecule has 2 fully saturated rings. The van der Waals surface area contributed by atoms with Gasteiger partial charge in [0.1, 0.15) is 5.75 Å². The highest BCUT2D eigenvalue weighted by molar-refractivity contribution is 7.91. The Labute approximate surface area is 156 Å². The third-order valence-electron chi connectivity index (χ3n) is 5.54. The molecule has 0 N–H and O–H groups in total. The maximum Gasteiger partial charge on any atom is 0.219 e. The molecule has 0 spiro atoms. The van der Waals surface area contributed by atoms with Crippen molar-refractivity contribution in [2.45, 2.75) is 45.3 Å². The molecule has 1 amide bonds. The van der Waals surface area contributed by atoms with Gasteiger partial charge in [0.15, 0.2) is 9.84 Å². The Bertz CT molecular complexity index is 791. The van der Waals surface area contributed by atoms with Crippen molar-refractivity contribution in [2.75, 3.05) is 31.7 Å². The summed E-state index contributed by atoms with van der Waals surface area (Å²) < 4.78 is 30.0. The number of hydrogen-bond donors (Lipinski definition) is 0. The fourth-order valence-corrected chi connectivity index (χ4v) is 6.12. The second-order valence-corrected chi connectivity index (χ2v) is 9.77. The molecular weight excluding hydrogens is 352 g/mol. The van der Waals surface area contributed by atoms with Crippen molar-refractivity contribution in [3.05, 3.63) is 29.3 Å². The summed E-state index contributed by atoms with van der Waals surface area (Å²) in [5.41, 5.74) is 2.30. The maximum atomic E-state index is 12.2. The second-order valence-electron chi connectivity index (χ2n) is 7.62. The van der Waals surface area contributed by atoms with Crippen LogP contribution in [0.25, 0.3) is 0 Å². The van der Waals surface area contributed by atoms with Crippen molar-refractivity contribution in [1.29, 1.82) is 0 Å². The van der Waals surface area contributed by atoms with Crippen LogP contribution < -0.4 is 4.74 Å². The summed E-state index contributed by atoms with van der Waals surface area (Å²) in [4.78, 5) is 15.9. The molecule has 1 aromatic rings. The first-order valence-electron chi connectivity index (χ1n) is 9.10. The molecule has 0 unspecified atom stereocenters. The number of methoxy groups -OCH3 is 1. The minimum atomic E-state index is -3.12. The monoisotopic (exact) mass is 380 g/mol. The van der Waals surface area contributed by atoms with E-state index in [1.165, 1.54) is 12.5 Å². The summed E-state index contributed by atoms with van der Waals surface area (Å²) >= 11 is 0. The summed E-state index contributed by atoms with van der Waals surface area (Å²) in [5, 5.41) is 0. The fraction of sp³-hybridized carbons (Fsp3) is 0.632. The van der Waals surface area contributed by atoms with Crippen LogP contribution in [0.4, 0.5) is 0 Å². The molecule has 0 radical (unpaired) electrons. The Kier molecular flexibility index (Phi) is 5.30. The van der Waals surface area contributed by atoms with E-state index in [0.717, 1.165) is 11.3 Å². The lowest BCUT2D eigenvalue weighted by Crippen LogP contribution is -2.59. The molecule has 0 aliphatic carbocycles. The number of sulfone groups is 1. The number of ether oxygens (including phenoxy) is 1. The number of amides is 1. The Hall–Kier alpha value is -1.60. The van der Waals surface area contributed by atoms with Crippen LogP contribution in [0.1, 0.15) is 37.8 Å². The Balaban J connectivity index is 1.88. The highest BCUT2D eigenvalue weighted by atomic mass is 32.2. The Morgan fingerprint density at radius 2 is 1.92 bits per heavy atom. The average Bonchev–Trinajstić information content (AvgIpc) is 2.89.